The van der Waals surface area contributed by atoms with Crippen molar-refractivity contribution in [2.75, 3.05) is 64.3 Å². The van der Waals surface area contributed by atoms with Gasteiger partial charge < -0.3 is 20.2 Å². The second-order valence-corrected chi connectivity index (χ2v) is 17.9. The second kappa shape index (κ2) is 18.7. The van der Waals surface area contributed by atoms with Gasteiger partial charge in [-0.05, 0) is 85.6 Å². The van der Waals surface area contributed by atoms with Crippen LogP contribution >= 0.6 is 23.7 Å². The van der Waals surface area contributed by atoms with Crippen LogP contribution in [0.2, 0.25) is 0 Å². The summed E-state index contributed by atoms with van der Waals surface area (Å²) in [6, 6.07) is 10.2. The van der Waals surface area contributed by atoms with Crippen molar-refractivity contribution in [3.8, 4) is 0 Å². The fourth-order valence-electron chi connectivity index (χ4n) is 8.11. The van der Waals surface area contributed by atoms with E-state index in [1.807, 2.05) is 35.2 Å². The largest absolute Gasteiger partial charge is 0.480 e. The number of hydrogen-bond acceptors (Lipinski definition) is 9. The average Bonchev–Trinajstić information content (AvgIpc) is 3.58. The minimum Gasteiger partial charge on any atom is -0.480 e. The Hall–Kier alpha value is -3.37. The monoisotopic (exact) mass is 820 g/mol. The number of para-hydroxylation sites is 1. The first-order chi connectivity index (χ1) is 25.9. The predicted octanol–water partition coefficient (Wildman–Crippen LogP) is 5.14. The zero-order valence-corrected chi connectivity index (χ0v) is 34.2. The minimum absolute atomic E-state index is 0. The number of halogens is 2. The highest BCUT2D eigenvalue weighted by molar-refractivity contribution is 7.89. The number of alkyl halides is 1. The number of fused-ring (bicyclic) bond motifs is 2. The highest BCUT2D eigenvalue weighted by atomic mass is 35.5. The minimum atomic E-state index is -4.28. The van der Waals surface area contributed by atoms with Gasteiger partial charge in [-0.1, -0.05) is 32.0 Å². The van der Waals surface area contributed by atoms with Gasteiger partial charge >= 0.3 is 5.97 Å². The third kappa shape index (κ3) is 10.3. The van der Waals surface area contributed by atoms with E-state index in [1.165, 1.54) is 11.3 Å². The maximum Gasteiger partial charge on any atom is 0.317 e. The molecule has 2 fully saturated rings. The van der Waals surface area contributed by atoms with Crippen LogP contribution in [0.1, 0.15) is 68.5 Å². The van der Waals surface area contributed by atoms with E-state index in [1.54, 1.807) is 15.9 Å². The van der Waals surface area contributed by atoms with Gasteiger partial charge in [0.05, 0.1) is 34.1 Å². The number of anilines is 1. The van der Waals surface area contributed by atoms with Crippen LogP contribution in [0.15, 0.2) is 41.3 Å². The first kappa shape index (κ1) is 42.8. The number of aryl methyl sites for hydroxylation is 1. The van der Waals surface area contributed by atoms with E-state index in [2.05, 4.69) is 23.9 Å². The van der Waals surface area contributed by atoms with Crippen molar-refractivity contribution in [3.63, 3.8) is 0 Å². The summed E-state index contributed by atoms with van der Waals surface area (Å²) in [6.07, 6.45) is 4.90. The lowest BCUT2D eigenvalue weighted by Crippen LogP contribution is -2.51. The van der Waals surface area contributed by atoms with E-state index in [0.29, 0.717) is 88.6 Å². The Labute approximate surface area is 333 Å². The van der Waals surface area contributed by atoms with Gasteiger partial charge in [-0.15, -0.1) is 23.7 Å². The van der Waals surface area contributed by atoms with Gasteiger partial charge in [0.15, 0.2) is 0 Å². The topological polar surface area (TPSA) is 152 Å². The van der Waals surface area contributed by atoms with Crippen LogP contribution < -0.4 is 10.0 Å². The number of benzene rings is 2. The molecule has 55 heavy (non-hydrogen) atoms. The normalized spacial score (nSPS) is 18.3. The Morgan fingerprint density at radius 1 is 1.05 bits per heavy atom. The summed E-state index contributed by atoms with van der Waals surface area (Å²) < 4.78 is 46.1. The van der Waals surface area contributed by atoms with E-state index in [4.69, 9.17) is 10.1 Å². The van der Waals surface area contributed by atoms with Crippen LogP contribution in [0.3, 0.4) is 0 Å². The van der Waals surface area contributed by atoms with Gasteiger partial charge in [0.1, 0.15) is 10.9 Å². The Balaban J connectivity index is 0.00000580. The standard InChI is InChI=1S/C39H53FN6O6S2.ClH/c1-3-39(4-2)24-29-21-28(9-10-35(47)45-19-17-44(18-20-45)25-36(48)49)22-33(37(29)41-26-39)54(51,52)43-31(23-34-42-30-7-5-6-8-32(30)53-34)38(50)46-15-12-27(11-14-40)13-16-46;/h5-8,21-22,27,31,41,43H,3-4,9-20,23-26H2,1-2H3,(H,48,49);1H/t31-;/m0./s1. The fraction of sp³-hybridized carbons (Fsp3) is 0.590. The predicted molar refractivity (Wildman–Crippen MR) is 215 cm³/mol. The van der Waals surface area contributed by atoms with Gasteiger partial charge in [0, 0.05) is 58.7 Å². The van der Waals surface area contributed by atoms with Crippen molar-refractivity contribution < 1.29 is 32.3 Å². The third-order valence-corrected chi connectivity index (χ3v) is 14.3. The number of aromatic nitrogens is 1. The van der Waals surface area contributed by atoms with Crippen LogP contribution in [-0.2, 0) is 43.7 Å². The number of nitrogens with one attached hydrogen (secondary N) is 2. The maximum absolute atomic E-state index is 14.6. The number of piperazine rings is 1. The van der Waals surface area contributed by atoms with E-state index in [-0.39, 0.29) is 59.8 Å². The molecule has 3 aliphatic rings. The molecule has 4 heterocycles. The van der Waals surface area contributed by atoms with Gasteiger partial charge in [0.25, 0.3) is 0 Å². The number of piperidine rings is 1. The van der Waals surface area contributed by atoms with Crippen LogP contribution in [0, 0.1) is 11.3 Å². The first-order valence-corrected chi connectivity index (χ1v) is 21.6. The Morgan fingerprint density at radius 3 is 2.42 bits per heavy atom. The van der Waals surface area contributed by atoms with Crippen molar-refractivity contribution in [2.45, 2.75) is 82.6 Å². The molecule has 3 aliphatic heterocycles. The third-order valence-electron chi connectivity index (χ3n) is 11.7. The molecule has 12 nitrogen and oxygen atoms in total. The summed E-state index contributed by atoms with van der Waals surface area (Å²) in [4.78, 5) is 48.7. The molecule has 0 spiro atoms. The Bertz CT molecular complexity index is 1890. The van der Waals surface area contributed by atoms with Gasteiger partial charge in [-0.2, -0.15) is 4.72 Å². The number of nitrogens with zero attached hydrogens (tertiary/aromatic N) is 4. The first-order valence-electron chi connectivity index (χ1n) is 19.3. The lowest BCUT2D eigenvalue weighted by molar-refractivity contribution is -0.139. The number of rotatable bonds is 15. The second-order valence-electron chi connectivity index (χ2n) is 15.1. The van der Waals surface area contributed by atoms with E-state index in [0.717, 1.165) is 34.2 Å². The Morgan fingerprint density at radius 2 is 1.76 bits per heavy atom. The quantitative estimate of drug-likeness (QED) is 0.189. The average molecular weight is 821 g/mol. The highest BCUT2D eigenvalue weighted by Crippen LogP contribution is 2.41. The maximum atomic E-state index is 14.6. The summed E-state index contributed by atoms with van der Waals surface area (Å²) in [5.74, 6) is -1.07. The molecule has 2 amide bonds. The lowest BCUT2D eigenvalue weighted by Gasteiger charge is -2.39. The number of carbonyl (C=O) groups is 3. The number of amides is 2. The van der Waals surface area contributed by atoms with Crippen LogP contribution in [-0.4, -0.2) is 116 Å². The van der Waals surface area contributed by atoms with Crippen LogP contribution in [0.5, 0.6) is 0 Å². The molecule has 6 rings (SSSR count). The number of carbonyl (C=O) groups excluding carboxylic acids is 2. The zero-order chi connectivity index (χ0) is 38.5. The van der Waals surface area contributed by atoms with Crippen molar-refractivity contribution in [3.05, 3.63) is 52.5 Å². The van der Waals surface area contributed by atoms with E-state index >= 15 is 0 Å². The van der Waals surface area contributed by atoms with E-state index < -0.39 is 28.7 Å². The van der Waals surface area contributed by atoms with Crippen molar-refractivity contribution in [2.24, 2.45) is 11.3 Å². The molecule has 1 aromatic heterocycles. The molecular formula is C39H54ClFN6O6S2. The summed E-state index contributed by atoms with van der Waals surface area (Å²) >= 11 is 1.44. The van der Waals surface area contributed by atoms with Crippen LogP contribution in [0.25, 0.3) is 10.2 Å². The van der Waals surface area contributed by atoms with Crippen molar-refractivity contribution in [1.82, 2.24) is 24.4 Å². The highest BCUT2D eigenvalue weighted by Gasteiger charge is 2.37. The summed E-state index contributed by atoms with van der Waals surface area (Å²) in [6.45, 7) is 7.18. The summed E-state index contributed by atoms with van der Waals surface area (Å²) in [5.41, 5.74) is 2.87. The molecule has 0 saturated carbocycles. The molecule has 16 heteroatoms. The molecule has 2 aromatic carbocycles. The summed E-state index contributed by atoms with van der Waals surface area (Å²) in [5, 5.41) is 13.2. The lowest BCUT2D eigenvalue weighted by atomic mass is 9.74. The number of thiazole rings is 1. The number of hydrogen-bond donors (Lipinski definition) is 3. The van der Waals surface area contributed by atoms with Gasteiger partial charge in [0.2, 0.25) is 21.8 Å². The number of likely N-dealkylation sites (tertiary alicyclic amines) is 1. The molecule has 302 valence electrons. The number of aliphatic carboxylic acids is 1. The molecule has 3 N–H and O–H groups in total. The molecule has 3 aromatic rings. The molecular weight excluding hydrogens is 767 g/mol. The number of sulfonamides is 1. The molecule has 0 radical (unpaired) electrons. The van der Waals surface area contributed by atoms with Gasteiger partial charge in [-0.3, -0.25) is 23.7 Å². The molecule has 1 atom stereocenters. The van der Waals surface area contributed by atoms with Crippen LogP contribution in [0.4, 0.5) is 10.1 Å². The smallest absolute Gasteiger partial charge is 0.317 e. The van der Waals surface area contributed by atoms with Crippen molar-refractivity contribution in [1.29, 1.82) is 0 Å². The number of carboxylic acids is 1. The fourth-order valence-corrected chi connectivity index (χ4v) is 10.6. The molecule has 0 aliphatic carbocycles. The SMILES string of the molecule is CCC1(CC)CNc2c(cc(CCC(=O)N3CCN(CC(=O)O)CC3)cc2S(=O)(=O)N[C@@H](Cc2nc3ccccc3s2)C(=O)N2CCC(CCF)CC2)C1.Cl. The zero-order valence-electron chi connectivity index (χ0n) is 31.7. The summed E-state index contributed by atoms with van der Waals surface area (Å²) in [7, 11) is -4.28. The van der Waals surface area contributed by atoms with E-state index in [9.17, 15) is 27.2 Å². The van der Waals surface area contributed by atoms with Crippen molar-refractivity contribution >= 4 is 67.5 Å². The number of carboxylic acid groups (broad SMARTS) is 1. The van der Waals surface area contributed by atoms with Gasteiger partial charge in [-0.25, -0.2) is 13.4 Å². The molecule has 0 bridgehead atoms. The molecule has 0 unspecified atom stereocenters. The molecule has 2 saturated heterocycles. The Kier molecular flexibility index (Phi) is 14.6.